The first-order valence-electron chi connectivity index (χ1n) is 10.2. The van der Waals surface area contributed by atoms with E-state index in [9.17, 15) is 14.4 Å². The molecule has 5 heteroatoms. The molecule has 2 N–H and O–H groups in total. The molecule has 0 aromatic heterocycles. The van der Waals surface area contributed by atoms with Gasteiger partial charge in [0.05, 0.1) is 6.04 Å². The summed E-state index contributed by atoms with van der Waals surface area (Å²) in [4.78, 5) is 37.4. The molecule has 0 radical (unpaired) electrons. The van der Waals surface area contributed by atoms with E-state index in [0.717, 1.165) is 57.8 Å². The van der Waals surface area contributed by atoms with Gasteiger partial charge in [-0.05, 0) is 38.0 Å². The number of unbranched alkanes of at least 4 members (excludes halogenated alkanes) is 1. The van der Waals surface area contributed by atoms with Gasteiger partial charge in [0.15, 0.2) is 0 Å². The molecule has 0 aromatic carbocycles. The number of nitrogens with one attached hydrogen (secondary N) is 2. The molecule has 2 fully saturated rings. The van der Waals surface area contributed by atoms with E-state index in [1.54, 1.807) is 0 Å². The van der Waals surface area contributed by atoms with Gasteiger partial charge < -0.3 is 10.6 Å². The molecule has 0 heterocycles. The topological polar surface area (TPSA) is 75.3 Å². The molecule has 0 spiro atoms. The van der Waals surface area contributed by atoms with Crippen LogP contribution in [-0.2, 0) is 14.4 Å². The highest BCUT2D eigenvalue weighted by molar-refractivity contribution is 6.38. The van der Waals surface area contributed by atoms with Crippen molar-refractivity contribution in [1.29, 1.82) is 0 Å². The van der Waals surface area contributed by atoms with E-state index in [-0.39, 0.29) is 17.9 Å². The largest absolute Gasteiger partial charge is 0.347 e. The fourth-order valence-corrected chi connectivity index (χ4v) is 3.43. The van der Waals surface area contributed by atoms with Crippen molar-refractivity contribution in [3.63, 3.8) is 0 Å². The van der Waals surface area contributed by atoms with Crippen molar-refractivity contribution < 1.29 is 14.4 Å². The number of hydrogen-bond acceptors (Lipinski definition) is 3. The van der Waals surface area contributed by atoms with Crippen molar-refractivity contribution in [2.45, 2.75) is 96.6 Å². The maximum Gasteiger partial charge on any atom is 0.289 e. The fourth-order valence-electron chi connectivity index (χ4n) is 3.43. The smallest absolute Gasteiger partial charge is 0.289 e. The molecule has 0 aromatic rings. The van der Waals surface area contributed by atoms with Crippen LogP contribution in [0.2, 0.25) is 0 Å². The van der Waals surface area contributed by atoms with Gasteiger partial charge in [-0.2, -0.15) is 0 Å². The maximum absolute atomic E-state index is 12.7. The Labute approximate surface area is 151 Å². The molecule has 25 heavy (non-hydrogen) atoms. The molecule has 0 aliphatic heterocycles. The van der Waals surface area contributed by atoms with E-state index in [2.05, 4.69) is 24.5 Å². The third-order valence-corrected chi connectivity index (χ3v) is 5.48. The summed E-state index contributed by atoms with van der Waals surface area (Å²) in [6, 6.07) is -0.494. The quantitative estimate of drug-likeness (QED) is 0.531. The highest BCUT2D eigenvalue weighted by atomic mass is 16.2. The van der Waals surface area contributed by atoms with E-state index in [4.69, 9.17) is 0 Å². The minimum Gasteiger partial charge on any atom is -0.347 e. The van der Waals surface area contributed by atoms with Crippen LogP contribution in [0.15, 0.2) is 0 Å². The van der Waals surface area contributed by atoms with Crippen LogP contribution >= 0.6 is 0 Å². The molecular weight excluding hydrogens is 316 g/mol. The predicted octanol–water partition coefficient (Wildman–Crippen LogP) is 3.12. The van der Waals surface area contributed by atoms with Crippen molar-refractivity contribution in [3.05, 3.63) is 0 Å². The second-order valence-corrected chi connectivity index (χ2v) is 7.83. The van der Waals surface area contributed by atoms with Gasteiger partial charge in [-0.15, -0.1) is 0 Å². The Kier molecular flexibility index (Phi) is 7.91. The van der Waals surface area contributed by atoms with Gasteiger partial charge in [-0.3, -0.25) is 14.4 Å². The summed E-state index contributed by atoms with van der Waals surface area (Å²) in [5, 5.41) is 5.70. The molecule has 0 saturated heterocycles. The maximum atomic E-state index is 12.7. The zero-order chi connectivity index (χ0) is 18.2. The molecular formula is C20H34N2O3. The van der Waals surface area contributed by atoms with Crippen molar-refractivity contribution in [2.24, 2.45) is 11.8 Å². The van der Waals surface area contributed by atoms with Crippen molar-refractivity contribution in [3.8, 4) is 0 Å². The first-order valence-corrected chi connectivity index (χ1v) is 10.2. The highest BCUT2D eigenvalue weighted by Crippen LogP contribution is 2.31. The molecule has 2 unspecified atom stereocenters. The molecule has 5 nitrogen and oxygen atoms in total. The summed E-state index contributed by atoms with van der Waals surface area (Å²) in [6.07, 6.45) is 10.6. The Balaban J connectivity index is 1.95. The van der Waals surface area contributed by atoms with Gasteiger partial charge in [-0.1, -0.05) is 52.4 Å². The van der Waals surface area contributed by atoms with Crippen LogP contribution in [0.5, 0.6) is 0 Å². The average molecular weight is 351 g/mol. The summed E-state index contributed by atoms with van der Waals surface area (Å²) in [6.45, 7) is 4.19. The van der Waals surface area contributed by atoms with Crippen LogP contribution in [-0.4, -0.2) is 29.7 Å². The summed E-state index contributed by atoms with van der Waals surface area (Å²) >= 11 is 0. The number of carbonyl (C=O) groups excluding carboxylic acids is 3. The van der Waals surface area contributed by atoms with E-state index < -0.39 is 17.7 Å². The van der Waals surface area contributed by atoms with Gasteiger partial charge in [0.2, 0.25) is 11.7 Å². The van der Waals surface area contributed by atoms with E-state index in [1.807, 2.05) is 0 Å². The standard InChI is InChI=1S/C20H34N2O3/c1-3-5-10-15(7-4-2)19(24)22-17(13-14-8-6-9-14)18(23)20(25)21-16-11-12-16/h14-17H,3-13H2,1-2H3,(H,21,25)(H,22,24). The molecule has 2 aliphatic rings. The van der Waals surface area contributed by atoms with Crippen LogP contribution in [0.1, 0.15) is 84.5 Å². The first-order chi connectivity index (χ1) is 12.0. The Morgan fingerprint density at radius 3 is 2.24 bits per heavy atom. The van der Waals surface area contributed by atoms with Gasteiger partial charge >= 0.3 is 0 Å². The van der Waals surface area contributed by atoms with Crippen molar-refractivity contribution >= 4 is 17.6 Å². The number of rotatable bonds is 12. The van der Waals surface area contributed by atoms with Crippen LogP contribution in [0, 0.1) is 11.8 Å². The second-order valence-electron chi connectivity index (χ2n) is 7.83. The summed E-state index contributed by atoms with van der Waals surface area (Å²) in [7, 11) is 0. The van der Waals surface area contributed by atoms with Crippen LogP contribution in [0.4, 0.5) is 0 Å². The number of hydrogen-bond donors (Lipinski definition) is 2. The minimum atomic E-state index is -0.655. The summed E-state index contributed by atoms with van der Waals surface area (Å²) < 4.78 is 0. The average Bonchev–Trinajstić information content (AvgIpc) is 3.36. The molecule has 0 bridgehead atoms. The lowest BCUT2D eigenvalue weighted by atomic mass is 9.80. The van der Waals surface area contributed by atoms with Crippen LogP contribution < -0.4 is 10.6 Å². The van der Waals surface area contributed by atoms with E-state index in [1.165, 1.54) is 6.42 Å². The lowest BCUT2D eigenvalue weighted by molar-refractivity contribution is -0.141. The molecule has 2 atom stereocenters. The highest BCUT2D eigenvalue weighted by Gasteiger charge is 2.34. The Bertz CT molecular complexity index is 470. The van der Waals surface area contributed by atoms with Gasteiger partial charge in [0.1, 0.15) is 0 Å². The van der Waals surface area contributed by atoms with Gasteiger partial charge in [0, 0.05) is 12.0 Å². The fraction of sp³-hybridized carbons (Fsp3) is 0.850. The van der Waals surface area contributed by atoms with E-state index >= 15 is 0 Å². The Hall–Kier alpha value is -1.39. The van der Waals surface area contributed by atoms with Gasteiger partial charge in [-0.25, -0.2) is 0 Å². The van der Waals surface area contributed by atoms with Crippen molar-refractivity contribution in [1.82, 2.24) is 10.6 Å². The zero-order valence-electron chi connectivity index (χ0n) is 15.8. The molecule has 2 rings (SSSR count). The van der Waals surface area contributed by atoms with Crippen LogP contribution in [0.25, 0.3) is 0 Å². The lowest BCUT2D eigenvalue weighted by Gasteiger charge is -2.30. The number of ketones is 1. The predicted molar refractivity (Wildman–Crippen MR) is 98.0 cm³/mol. The third-order valence-electron chi connectivity index (χ3n) is 5.48. The van der Waals surface area contributed by atoms with Gasteiger partial charge in [0.25, 0.3) is 5.91 Å². The third kappa shape index (κ3) is 6.44. The summed E-state index contributed by atoms with van der Waals surface area (Å²) in [5.41, 5.74) is 0. The summed E-state index contributed by atoms with van der Waals surface area (Å²) in [5.74, 6) is -0.616. The monoisotopic (exact) mass is 350 g/mol. The lowest BCUT2D eigenvalue weighted by Crippen LogP contribution is -2.50. The first kappa shape index (κ1) is 19.9. The Morgan fingerprint density at radius 2 is 1.72 bits per heavy atom. The molecule has 2 amide bonds. The normalized spacial score (nSPS) is 19.6. The minimum absolute atomic E-state index is 0.0480. The molecule has 2 saturated carbocycles. The Morgan fingerprint density at radius 1 is 1.00 bits per heavy atom. The SMILES string of the molecule is CCCCC(CCC)C(=O)NC(CC1CCC1)C(=O)C(=O)NC1CC1. The number of Topliss-reactive ketones (excluding diaryl/α,β-unsaturated/α-hetero) is 1. The van der Waals surface area contributed by atoms with Crippen molar-refractivity contribution in [2.75, 3.05) is 0 Å². The number of amides is 2. The molecule has 2 aliphatic carbocycles. The number of carbonyl (C=O) groups is 3. The van der Waals surface area contributed by atoms with Crippen LogP contribution in [0.3, 0.4) is 0 Å². The zero-order valence-corrected chi connectivity index (χ0v) is 15.8. The molecule has 142 valence electrons. The second kappa shape index (κ2) is 9.93. The van der Waals surface area contributed by atoms with E-state index in [0.29, 0.717) is 12.3 Å².